The second-order valence-corrected chi connectivity index (χ2v) is 3.50. The fraction of sp³-hybridized carbons (Fsp3) is 0.900. The molecule has 0 heterocycles. The molecule has 84 valence electrons. The Labute approximate surface area is 87.4 Å². The lowest BCUT2D eigenvalue weighted by atomic mass is 10.3. The van der Waals surface area contributed by atoms with Crippen LogP contribution in [0.15, 0.2) is 4.99 Å². The van der Waals surface area contributed by atoms with Gasteiger partial charge in [0.2, 0.25) is 0 Å². The zero-order chi connectivity index (χ0) is 10.8. The summed E-state index contributed by atoms with van der Waals surface area (Å²) in [5.41, 5.74) is 10.5. The summed E-state index contributed by atoms with van der Waals surface area (Å²) in [6.07, 6.45) is 3.46. The molecule has 0 unspecified atom stereocenters. The van der Waals surface area contributed by atoms with E-state index >= 15 is 0 Å². The van der Waals surface area contributed by atoms with E-state index in [4.69, 9.17) is 11.5 Å². The second-order valence-electron chi connectivity index (χ2n) is 3.50. The first-order valence-electron chi connectivity index (χ1n) is 5.48. The SMILES string of the molecule is CCCN(CCC)CCCN=C(N)N. The molecule has 0 saturated heterocycles. The molecule has 0 aliphatic heterocycles. The van der Waals surface area contributed by atoms with E-state index in [1.54, 1.807) is 0 Å². The van der Waals surface area contributed by atoms with Gasteiger partial charge < -0.3 is 16.4 Å². The zero-order valence-corrected chi connectivity index (χ0v) is 9.50. The van der Waals surface area contributed by atoms with Crippen LogP contribution in [0.25, 0.3) is 0 Å². The third kappa shape index (κ3) is 7.86. The Morgan fingerprint density at radius 1 is 1.07 bits per heavy atom. The molecule has 4 nitrogen and oxygen atoms in total. The largest absolute Gasteiger partial charge is 0.370 e. The second kappa shape index (κ2) is 8.81. The van der Waals surface area contributed by atoms with Gasteiger partial charge in [-0.1, -0.05) is 13.8 Å². The van der Waals surface area contributed by atoms with Gasteiger partial charge >= 0.3 is 0 Å². The van der Waals surface area contributed by atoms with Crippen LogP contribution < -0.4 is 11.5 Å². The lowest BCUT2D eigenvalue weighted by Gasteiger charge is -2.20. The van der Waals surface area contributed by atoms with E-state index < -0.39 is 0 Å². The Balaban J connectivity index is 3.54. The lowest BCUT2D eigenvalue weighted by Crippen LogP contribution is -2.27. The van der Waals surface area contributed by atoms with Crippen molar-refractivity contribution in [1.29, 1.82) is 0 Å². The van der Waals surface area contributed by atoms with Crippen molar-refractivity contribution in [3.8, 4) is 0 Å². The molecule has 0 aromatic heterocycles. The number of hydrogen-bond acceptors (Lipinski definition) is 2. The van der Waals surface area contributed by atoms with E-state index in [0.717, 1.165) is 19.5 Å². The molecule has 0 atom stereocenters. The number of guanidine groups is 1. The first kappa shape index (κ1) is 13.2. The van der Waals surface area contributed by atoms with Gasteiger partial charge in [-0.15, -0.1) is 0 Å². The van der Waals surface area contributed by atoms with Gasteiger partial charge in [0.15, 0.2) is 5.96 Å². The van der Waals surface area contributed by atoms with Crippen molar-refractivity contribution in [2.24, 2.45) is 16.5 Å². The summed E-state index contributed by atoms with van der Waals surface area (Å²) < 4.78 is 0. The van der Waals surface area contributed by atoms with E-state index in [1.165, 1.54) is 25.9 Å². The fourth-order valence-electron chi connectivity index (χ4n) is 1.47. The van der Waals surface area contributed by atoms with Gasteiger partial charge in [-0.3, -0.25) is 4.99 Å². The molecule has 0 radical (unpaired) electrons. The topological polar surface area (TPSA) is 67.6 Å². The minimum atomic E-state index is 0.197. The van der Waals surface area contributed by atoms with Crippen molar-refractivity contribution in [2.75, 3.05) is 26.2 Å². The lowest BCUT2D eigenvalue weighted by molar-refractivity contribution is 0.273. The number of rotatable bonds is 8. The molecule has 0 bridgehead atoms. The smallest absolute Gasteiger partial charge is 0.185 e. The molecular weight excluding hydrogens is 176 g/mol. The Hall–Kier alpha value is -0.770. The van der Waals surface area contributed by atoms with E-state index in [-0.39, 0.29) is 5.96 Å². The average molecular weight is 200 g/mol. The average Bonchev–Trinajstić information content (AvgIpc) is 2.12. The van der Waals surface area contributed by atoms with Crippen molar-refractivity contribution in [3.63, 3.8) is 0 Å². The predicted octanol–water partition coefficient (Wildman–Crippen LogP) is 0.772. The van der Waals surface area contributed by atoms with Crippen LogP contribution in [-0.4, -0.2) is 37.0 Å². The van der Waals surface area contributed by atoms with Gasteiger partial charge in [-0.25, -0.2) is 0 Å². The van der Waals surface area contributed by atoms with Gasteiger partial charge in [-0.2, -0.15) is 0 Å². The highest BCUT2D eigenvalue weighted by atomic mass is 15.1. The summed E-state index contributed by atoms with van der Waals surface area (Å²) in [6.45, 7) is 8.60. The minimum Gasteiger partial charge on any atom is -0.370 e. The van der Waals surface area contributed by atoms with E-state index in [9.17, 15) is 0 Å². The number of nitrogens with two attached hydrogens (primary N) is 2. The molecule has 0 aromatic carbocycles. The van der Waals surface area contributed by atoms with E-state index in [0.29, 0.717) is 0 Å². The molecule has 4 N–H and O–H groups in total. The van der Waals surface area contributed by atoms with Gasteiger partial charge in [-0.05, 0) is 38.9 Å². The molecule has 0 spiro atoms. The number of aliphatic imine (C=N–C) groups is 1. The number of hydrogen-bond donors (Lipinski definition) is 2. The standard InChI is InChI=1S/C10H24N4/c1-3-7-14(8-4-2)9-5-6-13-10(11)12/h3-9H2,1-2H3,(H4,11,12,13). The Kier molecular flexibility index (Phi) is 8.33. The first-order valence-corrected chi connectivity index (χ1v) is 5.48. The third-order valence-electron chi connectivity index (χ3n) is 2.01. The Bertz CT molecular complexity index is 146. The molecule has 4 heteroatoms. The van der Waals surface area contributed by atoms with Crippen LogP contribution in [0.5, 0.6) is 0 Å². The van der Waals surface area contributed by atoms with Crippen molar-refractivity contribution in [3.05, 3.63) is 0 Å². The summed E-state index contributed by atoms with van der Waals surface area (Å²) in [5, 5.41) is 0. The fourth-order valence-corrected chi connectivity index (χ4v) is 1.47. The minimum absolute atomic E-state index is 0.197. The summed E-state index contributed by atoms with van der Waals surface area (Å²) in [4.78, 5) is 6.42. The van der Waals surface area contributed by atoms with E-state index in [1.807, 2.05) is 0 Å². The van der Waals surface area contributed by atoms with Crippen molar-refractivity contribution in [1.82, 2.24) is 4.90 Å². The van der Waals surface area contributed by atoms with Crippen molar-refractivity contribution in [2.45, 2.75) is 33.1 Å². The maximum absolute atomic E-state index is 5.24. The molecule has 0 rings (SSSR count). The van der Waals surface area contributed by atoms with Crippen LogP contribution in [0.1, 0.15) is 33.1 Å². The molecule has 0 amide bonds. The van der Waals surface area contributed by atoms with Gasteiger partial charge in [0, 0.05) is 6.54 Å². The highest BCUT2D eigenvalue weighted by Gasteiger charge is 2.00. The molecule has 0 aliphatic carbocycles. The van der Waals surface area contributed by atoms with Crippen LogP contribution in [0, 0.1) is 0 Å². The highest BCUT2D eigenvalue weighted by molar-refractivity contribution is 5.75. The van der Waals surface area contributed by atoms with Crippen molar-refractivity contribution >= 4 is 5.96 Å². The van der Waals surface area contributed by atoms with Crippen LogP contribution in [0.3, 0.4) is 0 Å². The molecule has 14 heavy (non-hydrogen) atoms. The van der Waals surface area contributed by atoms with Gasteiger partial charge in [0.05, 0.1) is 0 Å². The predicted molar refractivity (Wildman–Crippen MR) is 62.3 cm³/mol. The van der Waals surface area contributed by atoms with Crippen LogP contribution in [0.4, 0.5) is 0 Å². The van der Waals surface area contributed by atoms with Gasteiger partial charge in [0.1, 0.15) is 0 Å². The maximum Gasteiger partial charge on any atom is 0.185 e. The van der Waals surface area contributed by atoms with Crippen LogP contribution in [-0.2, 0) is 0 Å². The summed E-state index contributed by atoms with van der Waals surface area (Å²) in [6, 6.07) is 0. The molecular formula is C10H24N4. The third-order valence-corrected chi connectivity index (χ3v) is 2.01. The van der Waals surface area contributed by atoms with E-state index in [2.05, 4.69) is 23.7 Å². The monoisotopic (exact) mass is 200 g/mol. The maximum atomic E-state index is 5.24. The summed E-state index contributed by atoms with van der Waals surface area (Å²) >= 11 is 0. The quantitative estimate of drug-likeness (QED) is 0.345. The van der Waals surface area contributed by atoms with Crippen molar-refractivity contribution < 1.29 is 0 Å². The highest BCUT2D eigenvalue weighted by Crippen LogP contribution is 1.96. The zero-order valence-electron chi connectivity index (χ0n) is 9.50. The molecule has 0 saturated carbocycles. The molecule has 0 aliphatic rings. The normalized spacial score (nSPS) is 10.5. The van der Waals surface area contributed by atoms with Crippen LogP contribution >= 0.6 is 0 Å². The Morgan fingerprint density at radius 2 is 1.64 bits per heavy atom. The van der Waals surface area contributed by atoms with Crippen LogP contribution in [0.2, 0.25) is 0 Å². The number of nitrogens with zero attached hydrogens (tertiary/aromatic N) is 2. The Morgan fingerprint density at radius 3 is 2.07 bits per heavy atom. The molecule has 0 aromatic rings. The first-order chi connectivity index (χ1) is 6.70. The van der Waals surface area contributed by atoms with Gasteiger partial charge in [0.25, 0.3) is 0 Å². The summed E-state index contributed by atoms with van der Waals surface area (Å²) in [5.74, 6) is 0.197. The molecule has 0 fully saturated rings. The summed E-state index contributed by atoms with van der Waals surface area (Å²) in [7, 11) is 0.